The zero-order valence-corrected chi connectivity index (χ0v) is 10.2. The van der Waals surface area contributed by atoms with Gasteiger partial charge in [-0.15, -0.1) is 0 Å². The van der Waals surface area contributed by atoms with Crippen LogP contribution >= 0.6 is 11.8 Å². The Morgan fingerprint density at radius 1 is 1.21 bits per heavy atom. The molecule has 0 aliphatic carbocycles. The molecule has 6 N–H and O–H groups in total. The van der Waals surface area contributed by atoms with Gasteiger partial charge in [0.05, 0.1) is 11.6 Å². The van der Waals surface area contributed by atoms with Crippen LogP contribution < -0.4 is 17.0 Å². The summed E-state index contributed by atoms with van der Waals surface area (Å²) in [5.74, 6) is 0.238. The molecule has 0 atom stereocenters. The summed E-state index contributed by atoms with van der Waals surface area (Å²) in [5.41, 5.74) is 11.3. The van der Waals surface area contributed by atoms with Gasteiger partial charge < -0.3 is 16.5 Å². The van der Waals surface area contributed by atoms with Crippen molar-refractivity contribution in [2.75, 3.05) is 11.5 Å². The lowest BCUT2D eigenvalue weighted by molar-refractivity contribution is 0.941. The summed E-state index contributed by atoms with van der Waals surface area (Å²) in [7, 11) is 0. The number of aromatic amines is 2. The summed E-state index contributed by atoms with van der Waals surface area (Å²) >= 11 is 1.13. The summed E-state index contributed by atoms with van der Waals surface area (Å²) < 4.78 is 0. The number of H-pyrrole nitrogens is 2. The molecule has 9 nitrogen and oxygen atoms in total. The molecule has 0 radical (unpaired) electrons. The third kappa shape index (κ3) is 2.20. The van der Waals surface area contributed by atoms with E-state index < -0.39 is 0 Å². The molecule has 3 aromatic rings. The van der Waals surface area contributed by atoms with Crippen molar-refractivity contribution in [3.8, 4) is 0 Å². The van der Waals surface area contributed by atoms with Crippen LogP contribution in [-0.2, 0) is 0 Å². The minimum absolute atomic E-state index is 0.102. The molecule has 19 heavy (non-hydrogen) atoms. The second kappa shape index (κ2) is 4.24. The van der Waals surface area contributed by atoms with E-state index in [1.807, 2.05) is 0 Å². The predicted octanol–water partition coefficient (Wildman–Crippen LogP) is -0.248. The summed E-state index contributed by atoms with van der Waals surface area (Å²) in [4.78, 5) is 26.0. The van der Waals surface area contributed by atoms with Crippen LogP contribution in [0, 0.1) is 0 Å². The Bertz CT molecular complexity index is 809. The lowest BCUT2D eigenvalue weighted by Crippen LogP contribution is -2.09. The normalized spacial score (nSPS) is 10.9. The molecule has 0 aromatic carbocycles. The average molecular weight is 276 g/mol. The number of nitrogens with one attached hydrogen (secondary N) is 2. The first-order valence-electron chi connectivity index (χ1n) is 5.13. The maximum atomic E-state index is 11.3. The molecule has 0 saturated carbocycles. The largest absolute Gasteiger partial charge is 0.383 e. The highest BCUT2D eigenvalue weighted by Gasteiger charge is 2.11. The number of hydrogen-bond donors (Lipinski definition) is 4. The fourth-order valence-electron chi connectivity index (χ4n) is 1.50. The van der Waals surface area contributed by atoms with Gasteiger partial charge in [0.2, 0.25) is 5.95 Å². The van der Waals surface area contributed by atoms with Crippen LogP contribution in [0.15, 0.2) is 27.2 Å². The minimum atomic E-state index is -0.333. The third-order valence-electron chi connectivity index (χ3n) is 2.23. The standard InChI is InChI=1S/C9H8N8OS/c10-4-1-5(18)14-9(13-4)19-7-3-2-12-17-6(3)15-8(11)16-7/h1-2H,(H3,10,13,14,18)(H3,11,12,15,16,17). The van der Waals surface area contributed by atoms with Crippen LogP contribution in [0.25, 0.3) is 11.0 Å². The highest BCUT2D eigenvalue weighted by molar-refractivity contribution is 7.99. The smallest absolute Gasteiger partial charge is 0.253 e. The van der Waals surface area contributed by atoms with Crippen LogP contribution in [0.2, 0.25) is 0 Å². The second-order valence-electron chi connectivity index (χ2n) is 3.60. The molecule has 0 saturated heterocycles. The topological polar surface area (TPSA) is 152 Å². The van der Waals surface area contributed by atoms with Gasteiger partial charge in [0.25, 0.3) is 5.56 Å². The van der Waals surface area contributed by atoms with E-state index in [1.54, 1.807) is 6.20 Å². The Morgan fingerprint density at radius 2 is 2.05 bits per heavy atom. The number of nitrogens with two attached hydrogens (primary N) is 2. The van der Waals surface area contributed by atoms with Gasteiger partial charge in [-0.3, -0.25) is 9.89 Å². The number of hydrogen-bond acceptors (Lipinski definition) is 8. The second-order valence-corrected chi connectivity index (χ2v) is 4.57. The van der Waals surface area contributed by atoms with Gasteiger partial charge in [-0.25, -0.2) is 9.97 Å². The van der Waals surface area contributed by atoms with Crippen molar-refractivity contribution in [3.63, 3.8) is 0 Å². The van der Waals surface area contributed by atoms with E-state index in [1.165, 1.54) is 6.07 Å². The Hall–Kier alpha value is -2.62. The van der Waals surface area contributed by atoms with Crippen molar-refractivity contribution in [1.29, 1.82) is 0 Å². The number of fused-ring (bicyclic) bond motifs is 1. The summed E-state index contributed by atoms with van der Waals surface area (Å²) in [6, 6.07) is 1.20. The molecular formula is C9H8N8OS. The SMILES string of the molecule is Nc1cc(=O)[nH]c(Sc2nc(N)nc3[nH]ncc23)n1. The quantitative estimate of drug-likeness (QED) is 0.369. The molecule has 0 fully saturated rings. The molecule has 10 heteroatoms. The van der Waals surface area contributed by atoms with E-state index in [2.05, 4.69) is 30.1 Å². The van der Waals surface area contributed by atoms with Crippen molar-refractivity contribution in [1.82, 2.24) is 30.1 Å². The van der Waals surface area contributed by atoms with Crippen LogP contribution in [-0.4, -0.2) is 30.1 Å². The van der Waals surface area contributed by atoms with Crippen LogP contribution in [0.1, 0.15) is 0 Å². The Labute approximate surface area is 109 Å². The van der Waals surface area contributed by atoms with Crippen LogP contribution in [0.3, 0.4) is 0 Å². The first-order chi connectivity index (χ1) is 9.11. The Balaban J connectivity index is 2.09. The first kappa shape index (κ1) is 11.5. The number of nitrogens with zero attached hydrogens (tertiary/aromatic N) is 4. The lowest BCUT2D eigenvalue weighted by atomic mass is 10.4. The predicted molar refractivity (Wildman–Crippen MR) is 69.5 cm³/mol. The third-order valence-corrected chi connectivity index (χ3v) is 3.12. The van der Waals surface area contributed by atoms with Gasteiger partial charge >= 0.3 is 0 Å². The molecule has 0 aliphatic rings. The molecule has 0 bridgehead atoms. The van der Waals surface area contributed by atoms with Gasteiger partial charge in [-0.2, -0.15) is 10.1 Å². The van der Waals surface area contributed by atoms with Crippen LogP contribution in [0.4, 0.5) is 11.8 Å². The van der Waals surface area contributed by atoms with Gasteiger partial charge in [-0.1, -0.05) is 0 Å². The highest BCUT2D eigenvalue weighted by Crippen LogP contribution is 2.28. The van der Waals surface area contributed by atoms with Crippen molar-refractivity contribution in [2.24, 2.45) is 0 Å². The molecule has 0 spiro atoms. The molecule has 3 aromatic heterocycles. The van der Waals surface area contributed by atoms with Gasteiger partial charge in [0.1, 0.15) is 10.8 Å². The van der Waals surface area contributed by atoms with E-state index in [0.717, 1.165) is 11.8 Å². The van der Waals surface area contributed by atoms with E-state index >= 15 is 0 Å². The molecule has 96 valence electrons. The molecule has 0 unspecified atom stereocenters. The summed E-state index contributed by atoms with van der Waals surface area (Å²) in [6.07, 6.45) is 1.57. The zero-order valence-electron chi connectivity index (χ0n) is 9.41. The first-order valence-corrected chi connectivity index (χ1v) is 5.95. The van der Waals surface area contributed by atoms with Crippen molar-refractivity contribution in [2.45, 2.75) is 10.2 Å². The Morgan fingerprint density at radius 3 is 2.84 bits per heavy atom. The highest BCUT2D eigenvalue weighted by atomic mass is 32.2. The number of nitrogen functional groups attached to an aromatic ring is 2. The van der Waals surface area contributed by atoms with Crippen molar-refractivity contribution < 1.29 is 0 Å². The monoisotopic (exact) mass is 276 g/mol. The van der Waals surface area contributed by atoms with E-state index in [-0.39, 0.29) is 17.3 Å². The summed E-state index contributed by atoms with van der Waals surface area (Å²) in [6.45, 7) is 0. The summed E-state index contributed by atoms with van der Waals surface area (Å²) in [5, 5.41) is 8.11. The molecular weight excluding hydrogens is 268 g/mol. The fourth-order valence-corrected chi connectivity index (χ4v) is 2.38. The van der Waals surface area contributed by atoms with E-state index in [0.29, 0.717) is 21.2 Å². The number of aromatic nitrogens is 6. The van der Waals surface area contributed by atoms with Crippen LogP contribution in [0.5, 0.6) is 0 Å². The molecule has 3 rings (SSSR count). The fraction of sp³-hybridized carbons (Fsp3) is 0. The molecule has 0 amide bonds. The number of anilines is 2. The molecule has 0 aliphatic heterocycles. The van der Waals surface area contributed by atoms with Crippen molar-refractivity contribution in [3.05, 3.63) is 22.6 Å². The van der Waals surface area contributed by atoms with Gasteiger partial charge in [0, 0.05) is 6.07 Å². The minimum Gasteiger partial charge on any atom is -0.383 e. The maximum Gasteiger partial charge on any atom is 0.253 e. The van der Waals surface area contributed by atoms with Gasteiger partial charge in [-0.05, 0) is 11.8 Å². The zero-order chi connectivity index (χ0) is 13.4. The number of rotatable bonds is 2. The average Bonchev–Trinajstić information content (AvgIpc) is 2.75. The Kier molecular flexibility index (Phi) is 2.56. The van der Waals surface area contributed by atoms with E-state index in [9.17, 15) is 4.79 Å². The molecule has 3 heterocycles. The van der Waals surface area contributed by atoms with Gasteiger partial charge in [0.15, 0.2) is 10.8 Å². The van der Waals surface area contributed by atoms with Crippen molar-refractivity contribution >= 4 is 34.6 Å². The lowest BCUT2D eigenvalue weighted by Gasteiger charge is -2.02. The van der Waals surface area contributed by atoms with E-state index in [4.69, 9.17) is 11.5 Å². The maximum absolute atomic E-state index is 11.3.